The summed E-state index contributed by atoms with van der Waals surface area (Å²) in [6.07, 6.45) is -4.42. The third-order valence-electron chi connectivity index (χ3n) is 5.25. The van der Waals surface area contributed by atoms with E-state index in [-0.39, 0.29) is 5.52 Å². The Kier molecular flexibility index (Phi) is 5.20. The molecule has 3 aromatic carbocycles. The summed E-state index contributed by atoms with van der Waals surface area (Å²) in [6, 6.07) is 15.8. The predicted molar refractivity (Wildman–Crippen MR) is 118 cm³/mol. The van der Waals surface area contributed by atoms with Crippen LogP contribution in [0.15, 0.2) is 65.2 Å². The lowest BCUT2D eigenvalue weighted by atomic mass is 10.1. The fourth-order valence-electron chi connectivity index (χ4n) is 3.48. The minimum atomic E-state index is -4.42. The van der Waals surface area contributed by atoms with E-state index < -0.39 is 11.7 Å². The Bertz CT molecular complexity index is 1450. The zero-order valence-corrected chi connectivity index (χ0v) is 18.0. The van der Waals surface area contributed by atoms with E-state index in [2.05, 4.69) is 20.1 Å². The van der Waals surface area contributed by atoms with E-state index in [1.807, 2.05) is 0 Å². The van der Waals surface area contributed by atoms with Crippen LogP contribution in [0, 0.1) is 0 Å². The number of H-pyrrole nitrogens is 1. The van der Waals surface area contributed by atoms with Gasteiger partial charge in [0.2, 0.25) is 5.82 Å². The first-order chi connectivity index (χ1) is 16.3. The zero-order chi connectivity index (χ0) is 23.9. The molecule has 0 saturated carbocycles. The van der Waals surface area contributed by atoms with Crippen LogP contribution < -0.4 is 9.47 Å². The Balaban J connectivity index is 1.42. The number of nitrogens with one attached hydrogen (secondary N) is 1. The van der Waals surface area contributed by atoms with E-state index in [1.165, 1.54) is 6.07 Å². The van der Waals surface area contributed by atoms with Crippen LogP contribution in [0.25, 0.3) is 45.3 Å². The predicted octanol–water partition coefficient (Wildman–Crippen LogP) is 5.98. The van der Waals surface area contributed by atoms with Crippen molar-refractivity contribution >= 4 is 11.0 Å². The molecule has 0 aliphatic carbocycles. The van der Waals surface area contributed by atoms with Gasteiger partial charge in [-0.1, -0.05) is 29.4 Å². The van der Waals surface area contributed by atoms with Crippen molar-refractivity contribution in [1.29, 1.82) is 0 Å². The van der Waals surface area contributed by atoms with Crippen LogP contribution in [0.1, 0.15) is 5.56 Å². The van der Waals surface area contributed by atoms with Crippen LogP contribution in [0.4, 0.5) is 13.2 Å². The van der Waals surface area contributed by atoms with Crippen LogP contribution in [0.2, 0.25) is 0 Å². The lowest BCUT2D eigenvalue weighted by Gasteiger charge is -2.05. The molecule has 0 spiro atoms. The quantitative estimate of drug-likeness (QED) is 0.343. The summed E-state index contributed by atoms with van der Waals surface area (Å²) in [5, 5.41) is 4.05. The van der Waals surface area contributed by atoms with Gasteiger partial charge in [0, 0.05) is 22.8 Å². The maximum atomic E-state index is 13.0. The number of fused-ring (bicyclic) bond motifs is 1. The normalized spacial score (nSPS) is 11.7. The van der Waals surface area contributed by atoms with Gasteiger partial charge in [0.1, 0.15) is 17.3 Å². The molecule has 5 rings (SSSR count). The number of nitrogens with zero attached hydrogens (tertiary/aromatic N) is 3. The van der Waals surface area contributed by atoms with Gasteiger partial charge in [-0.25, -0.2) is 4.98 Å². The van der Waals surface area contributed by atoms with Crippen molar-refractivity contribution in [3.63, 3.8) is 0 Å². The third-order valence-corrected chi connectivity index (χ3v) is 5.25. The number of halogens is 3. The number of hydrogen-bond donors (Lipinski definition) is 1. The molecule has 0 aliphatic rings. The first-order valence-corrected chi connectivity index (χ1v) is 10.1. The van der Waals surface area contributed by atoms with Crippen LogP contribution in [-0.2, 0) is 6.18 Å². The number of hydrogen-bond acceptors (Lipinski definition) is 6. The van der Waals surface area contributed by atoms with Gasteiger partial charge in [0.05, 0.1) is 30.8 Å². The van der Waals surface area contributed by atoms with Crippen LogP contribution in [-0.4, -0.2) is 34.3 Å². The molecule has 0 unspecified atom stereocenters. The summed E-state index contributed by atoms with van der Waals surface area (Å²) in [4.78, 5) is 11.8. The van der Waals surface area contributed by atoms with Crippen LogP contribution in [0.3, 0.4) is 0 Å². The Hall–Kier alpha value is -4.34. The number of aromatic amines is 1. The van der Waals surface area contributed by atoms with Crippen molar-refractivity contribution in [3.05, 3.63) is 66.2 Å². The number of imidazole rings is 1. The minimum Gasteiger partial charge on any atom is -0.497 e. The Morgan fingerprint density at radius 1 is 0.794 bits per heavy atom. The van der Waals surface area contributed by atoms with E-state index in [4.69, 9.17) is 14.0 Å². The molecule has 0 saturated heterocycles. The molecule has 10 heteroatoms. The van der Waals surface area contributed by atoms with E-state index in [9.17, 15) is 13.2 Å². The molecule has 34 heavy (non-hydrogen) atoms. The van der Waals surface area contributed by atoms with Gasteiger partial charge < -0.3 is 19.0 Å². The van der Waals surface area contributed by atoms with Gasteiger partial charge in [-0.05, 0) is 30.3 Å². The molecule has 1 N–H and O–H groups in total. The molecular weight excluding hydrogens is 449 g/mol. The molecular formula is C24H17F3N4O3. The fourth-order valence-corrected chi connectivity index (χ4v) is 3.48. The minimum absolute atomic E-state index is 0.241. The zero-order valence-electron chi connectivity index (χ0n) is 18.0. The molecule has 0 atom stereocenters. The first kappa shape index (κ1) is 21.5. The average molecular weight is 466 g/mol. The van der Waals surface area contributed by atoms with Crippen molar-refractivity contribution in [2.24, 2.45) is 0 Å². The largest absolute Gasteiger partial charge is 0.497 e. The van der Waals surface area contributed by atoms with Crippen molar-refractivity contribution < 1.29 is 27.2 Å². The Morgan fingerprint density at radius 2 is 1.47 bits per heavy atom. The summed E-state index contributed by atoms with van der Waals surface area (Å²) in [5.74, 6) is 2.31. The number of methoxy groups -OCH3 is 2. The number of aromatic nitrogens is 4. The monoisotopic (exact) mass is 466 g/mol. The van der Waals surface area contributed by atoms with Gasteiger partial charge in [0.15, 0.2) is 0 Å². The van der Waals surface area contributed by atoms with Gasteiger partial charge in [0.25, 0.3) is 5.89 Å². The summed E-state index contributed by atoms with van der Waals surface area (Å²) < 4.78 is 54.9. The molecule has 7 nitrogen and oxygen atoms in total. The number of benzene rings is 3. The van der Waals surface area contributed by atoms with Gasteiger partial charge >= 0.3 is 6.18 Å². The smallest absolute Gasteiger partial charge is 0.416 e. The lowest BCUT2D eigenvalue weighted by molar-refractivity contribution is -0.137. The second-order valence-electron chi connectivity index (χ2n) is 7.42. The van der Waals surface area contributed by atoms with E-state index in [1.54, 1.807) is 56.7 Å². The third kappa shape index (κ3) is 4.05. The standard InChI is InChI=1S/C24H17F3N4O3/c1-32-17-9-15(10-18(12-17)33-2)23-30-22(31-34-23)14-5-3-13(4-6-14)21-28-19-8-7-16(24(25,26)27)11-20(19)29-21/h3-12H,1-2H3,(H,28,29). The molecule has 5 aromatic rings. The molecule has 0 fully saturated rings. The number of alkyl halides is 3. The summed E-state index contributed by atoms with van der Waals surface area (Å²) >= 11 is 0. The highest BCUT2D eigenvalue weighted by Crippen LogP contribution is 2.33. The Labute approximate surface area is 191 Å². The SMILES string of the molecule is COc1cc(OC)cc(-c2nc(-c3ccc(-c4nc5cc(C(F)(F)F)ccc5[nH]4)cc3)no2)c1. The Morgan fingerprint density at radius 3 is 2.12 bits per heavy atom. The van der Waals surface area contributed by atoms with Gasteiger partial charge in [-0.2, -0.15) is 18.2 Å². The van der Waals surface area contributed by atoms with E-state index in [0.29, 0.717) is 51.2 Å². The topological polar surface area (TPSA) is 86.1 Å². The molecule has 2 heterocycles. The van der Waals surface area contributed by atoms with Gasteiger partial charge in [-0.3, -0.25) is 0 Å². The van der Waals surface area contributed by atoms with E-state index >= 15 is 0 Å². The number of rotatable bonds is 5. The second-order valence-corrected chi connectivity index (χ2v) is 7.42. The molecule has 0 radical (unpaired) electrons. The van der Waals surface area contributed by atoms with Crippen LogP contribution in [0.5, 0.6) is 11.5 Å². The van der Waals surface area contributed by atoms with E-state index in [0.717, 1.165) is 12.1 Å². The summed E-state index contributed by atoms with van der Waals surface area (Å²) in [6.45, 7) is 0. The second kappa shape index (κ2) is 8.22. The highest BCUT2D eigenvalue weighted by molar-refractivity contribution is 5.80. The van der Waals surface area contributed by atoms with Crippen LogP contribution >= 0.6 is 0 Å². The first-order valence-electron chi connectivity index (χ1n) is 10.1. The fraction of sp³-hybridized carbons (Fsp3) is 0.125. The molecule has 2 aromatic heterocycles. The summed E-state index contributed by atoms with van der Waals surface area (Å²) in [5.41, 5.74) is 2.06. The molecule has 0 bridgehead atoms. The highest BCUT2D eigenvalue weighted by Gasteiger charge is 2.30. The maximum Gasteiger partial charge on any atom is 0.416 e. The van der Waals surface area contributed by atoms with Crippen molar-refractivity contribution in [1.82, 2.24) is 20.1 Å². The molecule has 172 valence electrons. The lowest BCUT2D eigenvalue weighted by Crippen LogP contribution is -2.04. The van der Waals surface area contributed by atoms with Crippen molar-refractivity contribution in [2.75, 3.05) is 14.2 Å². The maximum absolute atomic E-state index is 13.0. The van der Waals surface area contributed by atoms with Crippen molar-refractivity contribution in [2.45, 2.75) is 6.18 Å². The highest BCUT2D eigenvalue weighted by atomic mass is 19.4. The molecule has 0 amide bonds. The molecule has 0 aliphatic heterocycles. The number of ether oxygens (including phenoxy) is 2. The van der Waals surface area contributed by atoms with Crippen molar-refractivity contribution in [3.8, 4) is 45.7 Å². The average Bonchev–Trinajstić information content (AvgIpc) is 3.50. The summed E-state index contributed by atoms with van der Waals surface area (Å²) in [7, 11) is 3.10. The van der Waals surface area contributed by atoms with Gasteiger partial charge in [-0.15, -0.1) is 0 Å².